The molecule has 96 valence electrons. The first kappa shape index (κ1) is 13.0. The number of aromatic nitrogens is 4. The van der Waals surface area contributed by atoms with E-state index in [9.17, 15) is 4.79 Å². The van der Waals surface area contributed by atoms with Crippen LogP contribution in [0.3, 0.4) is 0 Å². The van der Waals surface area contributed by atoms with Gasteiger partial charge in [0, 0.05) is 12.7 Å². The summed E-state index contributed by atoms with van der Waals surface area (Å²) in [5.74, 6) is 1.70. The van der Waals surface area contributed by atoms with Gasteiger partial charge in [0.2, 0.25) is 0 Å². The zero-order valence-electron chi connectivity index (χ0n) is 10.4. The topological polar surface area (TPSA) is 52.7 Å². The Labute approximate surface area is 114 Å². The van der Waals surface area contributed by atoms with Crippen molar-refractivity contribution >= 4 is 15.9 Å². The second kappa shape index (κ2) is 5.48. The molecule has 0 saturated heterocycles. The van der Waals surface area contributed by atoms with Crippen LogP contribution in [0.2, 0.25) is 0 Å². The molecule has 2 rings (SSSR count). The summed E-state index contributed by atoms with van der Waals surface area (Å²) < 4.78 is 4.23. The third-order valence-electron chi connectivity index (χ3n) is 2.75. The lowest BCUT2D eigenvalue weighted by atomic mass is 10.4. The van der Waals surface area contributed by atoms with Gasteiger partial charge in [-0.05, 0) is 41.4 Å². The summed E-state index contributed by atoms with van der Waals surface area (Å²) in [7, 11) is 0. The Bertz CT molecular complexity index is 602. The van der Waals surface area contributed by atoms with E-state index >= 15 is 0 Å². The molecule has 0 saturated carbocycles. The molecule has 0 aliphatic rings. The summed E-state index contributed by atoms with van der Waals surface area (Å²) in [4.78, 5) is 11.9. The third kappa shape index (κ3) is 2.53. The van der Waals surface area contributed by atoms with Crippen LogP contribution in [0.5, 0.6) is 0 Å². The van der Waals surface area contributed by atoms with E-state index in [1.54, 1.807) is 16.8 Å². The van der Waals surface area contributed by atoms with E-state index in [2.05, 4.69) is 33.1 Å². The molecule has 0 bridgehead atoms. The van der Waals surface area contributed by atoms with E-state index in [0.717, 1.165) is 24.6 Å². The summed E-state index contributed by atoms with van der Waals surface area (Å²) in [6, 6.07) is 3.57. The van der Waals surface area contributed by atoms with Crippen molar-refractivity contribution in [3.8, 4) is 0 Å². The smallest absolute Gasteiger partial charge is 0.265 e. The maximum atomic E-state index is 11.9. The van der Waals surface area contributed by atoms with Gasteiger partial charge in [-0.2, -0.15) is 0 Å². The van der Waals surface area contributed by atoms with Crippen LogP contribution in [-0.2, 0) is 13.1 Å². The van der Waals surface area contributed by atoms with Gasteiger partial charge >= 0.3 is 0 Å². The van der Waals surface area contributed by atoms with Crippen molar-refractivity contribution in [1.29, 1.82) is 0 Å². The lowest BCUT2D eigenvalue weighted by Gasteiger charge is -2.08. The van der Waals surface area contributed by atoms with Crippen LogP contribution in [0, 0.1) is 6.92 Å². The Morgan fingerprint density at radius 3 is 2.89 bits per heavy atom. The fourth-order valence-electron chi connectivity index (χ4n) is 1.84. The molecule has 0 fully saturated rings. The Balaban J connectivity index is 2.34. The Morgan fingerprint density at radius 2 is 2.17 bits per heavy atom. The zero-order valence-corrected chi connectivity index (χ0v) is 12.0. The van der Waals surface area contributed by atoms with Crippen LogP contribution in [0.25, 0.3) is 0 Å². The minimum Gasteiger partial charge on any atom is -0.314 e. The van der Waals surface area contributed by atoms with Gasteiger partial charge in [0.25, 0.3) is 5.56 Å². The van der Waals surface area contributed by atoms with Crippen LogP contribution >= 0.6 is 15.9 Å². The van der Waals surface area contributed by atoms with Crippen molar-refractivity contribution in [3.05, 3.63) is 44.8 Å². The van der Waals surface area contributed by atoms with E-state index < -0.39 is 0 Å². The molecule has 0 aliphatic heterocycles. The molecule has 0 atom stereocenters. The van der Waals surface area contributed by atoms with Crippen molar-refractivity contribution in [3.63, 3.8) is 0 Å². The highest BCUT2D eigenvalue weighted by atomic mass is 79.9. The Morgan fingerprint density at radius 1 is 1.39 bits per heavy atom. The van der Waals surface area contributed by atoms with Gasteiger partial charge in [-0.15, -0.1) is 10.2 Å². The molecule has 0 unspecified atom stereocenters. The summed E-state index contributed by atoms with van der Waals surface area (Å²) in [6.45, 7) is 5.35. The molecule has 0 spiro atoms. The second-order valence-corrected chi connectivity index (χ2v) is 4.96. The first-order valence-corrected chi connectivity index (χ1v) is 6.66. The lowest BCUT2D eigenvalue weighted by Crippen LogP contribution is -2.22. The molecule has 2 aromatic heterocycles. The molecule has 0 N–H and O–H groups in total. The van der Waals surface area contributed by atoms with Crippen molar-refractivity contribution < 1.29 is 0 Å². The highest BCUT2D eigenvalue weighted by molar-refractivity contribution is 9.10. The van der Waals surface area contributed by atoms with Gasteiger partial charge in [0.1, 0.15) is 5.82 Å². The van der Waals surface area contributed by atoms with Gasteiger partial charge in [-0.1, -0.05) is 6.92 Å². The van der Waals surface area contributed by atoms with Crippen LogP contribution in [0.1, 0.15) is 25.0 Å². The maximum absolute atomic E-state index is 11.9. The first-order chi connectivity index (χ1) is 8.63. The summed E-state index contributed by atoms with van der Waals surface area (Å²) in [5.41, 5.74) is -0.0544. The van der Waals surface area contributed by atoms with Gasteiger partial charge in [-0.3, -0.25) is 4.79 Å². The summed E-state index contributed by atoms with van der Waals surface area (Å²) in [6.07, 6.45) is 2.77. The van der Waals surface area contributed by atoms with E-state index in [1.165, 1.54) is 0 Å². The second-order valence-electron chi connectivity index (χ2n) is 4.10. The minimum absolute atomic E-state index is 0.0544. The maximum Gasteiger partial charge on any atom is 0.265 e. The molecular weight excluding hydrogens is 296 g/mol. The van der Waals surface area contributed by atoms with Gasteiger partial charge in [-0.25, -0.2) is 0 Å². The van der Waals surface area contributed by atoms with Crippen LogP contribution in [0.4, 0.5) is 0 Å². The fourth-order valence-corrected chi connectivity index (χ4v) is 2.22. The van der Waals surface area contributed by atoms with Crippen LogP contribution < -0.4 is 5.56 Å². The van der Waals surface area contributed by atoms with Crippen molar-refractivity contribution in [1.82, 2.24) is 19.3 Å². The van der Waals surface area contributed by atoms with Crippen LogP contribution in [-0.4, -0.2) is 19.3 Å². The number of aryl methyl sites for hydroxylation is 1. The minimum atomic E-state index is -0.0544. The predicted molar refractivity (Wildman–Crippen MR) is 72.6 cm³/mol. The van der Waals surface area contributed by atoms with Crippen LogP contribution in [0.15, 0.2) is 27.6 Å². The van der Waals surface area contributed by atoms with Crippen molar-refractivity contribution in [2.45, 2.75) is 33.4 Å². The molecule has 2 heterocycles. The van der Waals surface area contributed by atoms with Gasteiger partial charge < -0.3 is 9.13 Å². The van der Waals surface area contributed by atoms with Gasteiger partial charge in [0.15, 0.2) is 5.82 Å². The SMILES string of the molecule is CCCn1c(C)nnc1Cn1cccc(Br)c1=O. The predicted octanol–water partition coefficient (Wildman–Crippen LogP) is 1.97. The number of rotatable bonds is 4. The molecule has 2 aromatic rings. The Kier molecular flexibility index (Phi) is 3.96. The Hall–Kier alpha value is -1.43. The molecule has 6 heteroatoms. The zero-order chi connectivity index (χ0) is 13.1. The first-order valence-electron chi connectivity index (χ1n) is 5.87. The summed E-state index contributed by atoms with van der Waals surface area (Å²) in [5, 5.41) is 8.21. The molecule has 5 nitrogen and oxygen atoms in total. The van der Waals surface area contributed by atoms with E-state index in [-0.39, 0.29) is 5.56 Å². The largest absolute Gasteiger partial charge is 0.314 e. The quantitative estimate of drug-likeness (QED) is 0.867. The number of hydrogen-bond acceptors (Lipinski definition) is 3. The van der Waals surface area contributed by atoms with E-state index in [1.807, 2.05) is 17.6 Å². The van der Waals surface area contributed by atoms with E-state index in [4.69, 9.17) is 0 Å². The number of pyridine rings is 1. The molecule has 0 amide bonds. The third-order valence-corrected chi connectivity index (χ3v) is 3.35. The van der Waals surface area contributed by atoms with Gasteiger partial charge in [0.05, 0.1) is 11.0 Å². The normalized spacial score (nSPS) is 10.8. The average molecular weight is 311 g/mol. The molecule has 0 aromatic carbocycles. The monoisotopic (exact) mass is 310 g/mol. The lowest BCUT2D eigenvalue weighted by molar-refractivity contribution is 0.593. The van der Waals surface area contributed by atoms with Crippen molar-refractivity contribution in [2.75, 3.05) is 0 Å². The fraction of sp³-hybridized carbons (Fsp3) is 0.417. The standard InChI is InChI=1S/C12H15BrN4O/c1-3-6-17-9(2)14-15-11(17)8-16-7-4-5-10(13)12(16)18/h4-5,7H,3,6,8H2,1-2H3. The number of hydrogen-bond donors (Lipinski definition) is 0. The number of halogens is 1. The molecule has 0 radical (unpaired) electrons. The molecular formula is C12H15BrN4O. The highest BCUT2D eigenvalue weighted by Gasteiger charge is 2.09. The highest BCUT2D eigenvalue weighted by Crippen LogP contribution is 2.06. The molecule has 18 heavy (non-hydrogen) atoms. The number of nitrogens with zero attached hydrogens (tertiary/aromatic N) is 4. The molecule has 0 aliphatic carbocycles. The van der Waals surface area contributed by atoms with Crippen molar-refractivity contribution in [2.24, 2.45) is 0 Å². The summed E-state index contributed by atoms with van der Waals surface area (Å²) >= 11 is 3.24. The average Bonchev–Trinajstić information content (AvgIpc) is 2.68. The van der Waals surface area contributed by atoms with E-state index in [0.29, 0.717) is 11.0 Å².